The van der Waals surface area contributed by atoms with Crippen molar-refractivity contribution in [1.29, 1.82) is 0 Å². The van der Waals surface area contributed by atoms with Crippen molar-refractivity contribution in [2.75, 3.05) is 24.0 Å². The normalized spacial score (nSPS) is 12.3. The predicted octanol–water partition coefficient (Wildman–Crippen LogP) is 4.23. The summed E-state index contributed by atoms with van der Waals surface area (Å²) < 4.78 is 1.01. The largest absolute Gasteiger partial charge is 0.370 e. The summed E-state index contributed by atoms with van der Waals surface area (Å²) in [4.78, 5) is 13.9. The van der Waals surface area contributed by atoms with Gasteiger partial charge in [-0.05, 0) is 37.8 Å². The van der Waals surface area contributed by atoms with E-state index in [9.17, 15) is 4.79 Å². The molecule has 2 nitrogen and oxygen atoms in total. The molecule has 0 spiro atoms. The molecule has 0 saturated carbocycles. The fourth-order valence-electron chi connectivity index (χ4n) is 1.99. The second-order valence-corrected chi connectivity index (χ2v) is 6.17. The molecule has 0 aliphatic carbocycles. The van der Waals surface area contributed by atoms with Crippen molar-refractivity contribution in [2.24, 2.45) is 0 Å². The highest BCUT2D eigenvalue weighted by molar-refractivity contribution is 9.10. The molecule has 0 saturated heterocycles. The van der Waals surface area contributed by atoms with E-state index in [2.05, 4.69) is 41.1 Å². The molecule has 0 aliphatic heterocycles. The quantitative estimate of drug-likeness (QED) is 0.728. The molecular weight excluding hydrogens is 310 g/mol. The number of Topliss-reactive ketones (excluding diaryl/α,β-unsaturated/α-hetero) is 1. The first-order valence-corrected chi connectivity index (χ1v) is 8.22. The number of halogens is 1. The first kappa shape index (κ1) is 15.6. The molecular formula is C14H20BrNOS. The Hall–Kier alpha value is -0.480. The zero-order valence-electron chi connectivity index (χ0n) is 11.4. The van der Waals surface area contributed by atoms with Gasteiger partial charge in [0.2, 0.25) is 0 Å². The van der Waals surface area contributed by atoms with Crippen LogP contribution in [0.4, 0.5) is 5.69 Å². The number of rotatable bonds is 6. The van der Waals surface area contributed by atoms with Crippen molar-refractivity contribution in [2.45, 2.75) is 26.3 Å². The number of nitrogens with zero attached hydrogens (tertiary/aromatic N) is 1. The SMILES string of the molecule is CCC(CSC)N(C)c1cc(Br)ccc1C(C)=O. The van der Waals surface area contributed by atoms with E-state index in [0.29, 0.717) is 6.04 Å². The van der Waals surface area contributed by atoms with Gasteiger partial charge in [-0.1, -0.05) is 22.9 Å². The van der Waals surface area contributed by atoms with Crippen molar-refractivity contribution in [1.82, 2.24) is 0 Å². The summed E-state index contributed by atoms with van der Waals surface area (Å²) in [7, 11) is 2.07. The predicted molar refractivity (Wildman–Crippen MR) is 85.0 cm³/mol. The number of hydrogen-bond acceptors (Lipinski definition) is 3. The summed E-state index contributed by atoms with van der Waals surface area (Å²) >= 11 is 5.32. The Kier molecular flexibility index (Phi) is 6.22. The summed E-state index contributed by atoms with van der Waals surface area (Å²) in [6.45, 7) is 3.80. The smallest absolute Gasteiger partial charge is 0.161 e. The molecule has 0 aromatic heterocycles. The molecule has 0 bridgehead atoms. The van der Waals surface area contributed by atoms with E-state index in [1.165, 1.54) is 0 Å². The van der Waals surface area contributed by atoms with E-state index in [1.54, 1.807) is 6.92 Å². The van der Waals surface area contributed by atoms with Crippen LogP contribution in [-0.4, -0.2) is 30.9 Å². The van der Waals surface area contributed by atoms with Gasteiger partial charge in [0.1, 0.15) is 0 Å². The average Bonchev–Trinajstić information content (AvgIpc) is 2.34. The van der Waals surface area contributed by atoms with Crippen LogP contribution >= 0.6 is 27.7 Å². The third-order valence-electron chi connectivity index (χ3n) is 3.10. The number of benzene rings is 1. The van der Waals surface area contributed by atoms with Crippen LogP contribution in [-0.2, 0) is 0 Å². The van der Waals surface area contributed by atoms with E-state index >= 15 is 0 Å². The number of anilines is 1. The highest BCUT2D eigenvalue weighted by atomic mass is 79.9. The Morgan fingerprint density at radius 2 is 2.17 bits per heavy atom. The van der Waals surface area contributed by atoms with Gasteiger partial charge in [0, 0.05) is 34.6 Å². The minimum atomic E-state index is 0.114. The molecule has 100 valence electrons. The number of thioether (sulfide) groups is 1. The Balaban J connectivity index is 3.13. The Bertz CT molecular complexity index is 422. The third kappa shape index (κ3) is 3.75. The second kappa shape index (κ2) is 7.19. The van der Waals surface area contributed by atoms with Crippen LogP contribution in [0.2, 0.25) is 0 Å². The van der Waals surface area contributed by atoms with Crippen LogP contribution in [0.15, 0.2) is 22.7 Å². The lowest BCUT2D eigenvalue weighted by Gasteiger charge is -2.30. The molecule has 1 aromatic carbocycles. The molecule has 0 heterocycles. The van der Waals surface area contributed by atoms with Crippen LogP contribution in [0.5, 0.6) is 0 Å². The summed E-state index contributed by atoms with van der Waals surface area (Å²) in [5.41, 5.74) is 1.80. The first-order chi connectivity index (χ1) is 8.51. The van der Waals surface area contributed by atoms with E-state index in [4.69, 9.17) is 0 Å². The Morgan fingerprint density at radius 1 is 1.50 bits per heavy atom. The van der Waals surface area contributed by atoms with Crippen LogP contribution in [0.25, 0.3) is 0 Å². The number of carbonyl (C=O) groups excluding carboxylic acids is 1. The molecule has 4 heteroatoms. The maximum absolute atomic E-state index is 11.7. The lowest BCUT2D eigenvalue weighted by atomic mass is 10.1. The van der Waals surface area contributed by atoms with Gasteiger partial charge in [-0.2, -0.15) is 11.8 Å². The molecule has 0 N–H and O–H groups in total. The van der Waals surface area contributed by atoms with E-state index in [1.807, 2.05) is 30.0 Å². The number of carbonyl (C=O) groups is 1. The molecule has 18 heavy (non-hydrogen) atoms. The third-order valence-corrected chi connectivity index (χ3v) is 4.31. The Morgan fingerprint density at radius 3 is 2.67 bits per heavy atom. The zero-order chi connectivity index (χ0) is 13.7. The van der Waals surface area contributed by atoms with Gasteiger partial charge < -0.3 is 4.90 Å². The molecule has 1 rings (SSSR count). The van der Waals surface area contributed by atoms with Crippen molar-refractivity contribution in [3.63, 3.8) is 0 Å². The molecule has 0 radical (unpaired) electrons. The zero-order valence-corrected chi connectivity index (χ0v) is 13.8. The monoisotopic (exact) mass is 329 g/mol. The van der Waals surface area contributed by atoms with Crippen molar-refractivity contribution >= 4 is 39.2 Å². The topological polar surface area (TPSA) is 20.3 Å². The first-order valence-electron chi connectivity index (χ1n) is 6.03. The van der Waals surface area contributed by atoms with Gasteiger partial charge in [0.25, 0.3) is 0 Å². The van der Waals surface area contributed by atoms with E-state index in [-0.39, 0.29) is 5.78 Å². The summed E-state index contributed by atoms with van der Waals surface area (Å²) in [5, 5.41) is 0. The fourth-order valence-corrected chi connectivity index (χ4v) is 3.18. The van der Waals surface area contributed by atoms with Gasteiger partial charge >= 0.3 is 0 Å². The van der Waals surface area contributed by atoms with Crippen molar-refractivity contribution in [3.05, 3.63) is 28.2 Å². The van der Waals surface area contributed by atoms with Crippen LogP contribution < -0.4 is 4.90 Å². The summed E-state index contributed by atoms with van der Waals surface area (Å²) in [5.74, 6) is 1.18. The molecule has 1 aromatic rings. The van der Waals surface area contributed by atoms with Gasteiger partial charge in [0.15, 0.2) is 5.78 Å². The summed E-state index contributed by atoms with van der Waals surface area (Å²) in [6.07, 6.45) is 3.19. The van der Waals surface area contributed by atoms with Crippen LogP contribution in [0, 0.1) is 0 Å². The average molecular weight is 330 g/mol. The summed E-state index contributed by atoms with van der Waals surface area (Å²) in [6, 6.07) is 6.29. The van der Waals surface area contributed by atoms with Crippen LogP contribution in [0.1, 0.15) is 30.6 Å². The van der Waals surface area contributed by atoms with E-state index < -0.39 is 0 Å². The fraction of sp³-hybridized carbons (Fsp3) is 0.500. The molecule has 0 aliphatic rings. The molecule has 1 unspecified atom stereocenters. The molecule has 0 fully saturated rings. The van der Waals surface area contributed by atoms with Gasteiger partial charge in [-0.3, -0.25) is 4.79 Å². The highest BCUT2D eigenvalue weighted by Crippen LogP contribution is 2.27. The Labute approximate surface area is 122 Å². The van der Waals surface area contributed by atoms with Crippen LogP contribution in [0.3, 0.4) is 0 Å². The van der Waals surface area contributed by atoms with Crippen molar-refractivity contribution in [3.8, 4) is 0 Å². The number of ketones is 1. The van der Waals surface area contributed by atoms with Gasteiger partial charge in [0.05, 0.1) is 0 Å². The van der Waals surface area contributed by atoms with E-state index in [0.717, 1.165) is 27.9 Å². The maximum Gasteiger partial charge on any atom is 0.161 e. The lowest BCUT2D eigenvalue weighted by molar-refractivity contribution is 0.101. The van der Waals surface area contributed by atoms with Gasteiger partial charge in [-0.25, -0.2) is 0 Å². The van der Waals surface area contributed by atoms with Crippen molar-refractivity contribution < 1.29 is 4.79 Å². The minimum absolute atomic E-state index is 0.114. The molecule has 0 amide bonds. The standard InChI is InChI=1S/C14H20BrNOS/c1-5-12(9-18-4)16(3)14-8-11(15)6-7-13(14)10(2)17/h6-8,12H,5,9H2,1-4H3. The molecule has 1 atom stereocenters. The minimum Gasteiger partial charge on any atom is -0.370 e. The van der Waals surface area contributed by atoms with Gasteiger partial charge in [-0.15, -0.1) is 0 Å². The highest BCUT2D eigenvalue weighted by Gasteiger charge is 2.17. The maximum atomic E-state index is 11.7. The lowest BCUT2D eigenvalue weighted by Crippen LogP contribution is -2.34. The second-order valence-electron chi connectivity index (χ2n) is 4.35. The number of hydrogen-bond donors (Lipinski definition) is 0.